The molecule has 1 saturated heterocycles. The molecular formula is C22H24ClN3O3. The Hall–Kier alpha value is -2.57. The van der Waals surface area contributed by atoms with E-state index in [2.05, 4.69) is 21.1 Å². The lowest BCUT2D eigenvalue weighted by atomic mass is 9.98. The maximum Gasteiger partial charge on any atom is 0.240 e. The first-order valence-electron chi connectivity index (χ1n) is 9.65. The zero-order chi connectivity index (χ0) is 20.2. The molecule has 0 N–H and O–H groups in total. The number of aromatic nitrogens is 2. The van der Waals surface area contributed by atoms with Crippen molar-refractivity contribution in [2.75, 3.05) is 27.3 Å². The van der Waals surface area contributed by atoms with Crippen molar-refractivity contribution in [3.8, 4) is 11.5 Å². The van der Waals surface area contributed by atoms with Crippen LogP contribution in [-0.2, 0) is 13.0 Å². The van der Waals surface area contributed by atoms with Crippen LogP contribution in [0.1, 0.15) is 35.2 Å². The van der Waals surface area contributed by atoms with Crippen LogP contribution in [0.4, 0.5) is 0 Å². The third-order valence-corrected chi connectivity index (χ3v) is 5.64. The number of nitrogens with zero attached hydrogens (tertiary/aromatic N) is 3. The van der Waals surface area contributed by atoms with Gasteiger partial charge in [0.25, 0.3) is 0 Å². The molecule has 0 amide bonds. The Labute approximate surface area is 175 Å². The van der Waals surface area contributed by atoms with E-state index in [0.717, 1.165) is 30.1 Å². The van der Waals surface area contributed by atoms with Gasteiger partial charge in [0.1, 0.15) is 0 Å². The smallest absolute Gasteiger partial charge is 0.240 e. The molecule has 0 bridgehead atoms. The van der Waals surface area contributed by atoms with E-state index < -0.39 is 0 Å². The molecule has 0 radical (unpaired) electrons. The summed E-state index contributed by atoms with van der Waals surface area (Å²) < 4.78 is 16.1. The standard InChI is InChI=1S/C22H24ClN3O3/c1-27-19-8-7-15(11-20(19)28-2)12-21-24-22(29-25-21)14-26-10-9-16(13-26)17-5-3-4-6-18(17)23/h3-8,11,16H,9-10,12-14H2,1-2H3. The van der Waals surface area contributed by atoms with Crippen LogP contribution in [0.2, 0.25) is 5.02 Å². The Morgan fingerprint density at radius 3 is 2.76 bits per heavy atom. The fourth-order valence-electron chi connectivity index (χ4n) is 3.83. The van der Waals surface area contributed by atoms with Gasteiger partial charge in [0.2, 0.25) is 5.89 Å². The molecule has 0 saturated carbocycles. The lowest BCUT2D eigenvalue weighted by molar-refractivity contribution is 0.265. The SMILES string of the molecule is COc1ccc(Cc2noc(CN3CCC(c4ccccc4Cl)C3)n2)cc1OC. The molecule has 1 atom stereocenters. The van der Waals surface area contributed by atoms with Crippen molar-refractivity contribution in [2.24, 2.45) is 0 Å². The van der Waals surface area contributed by atoms with Gasteiger partial charge in [-0.3, -0.25) is 4.90 Å². The van der Waals surface area contributed by atoms with Crippen LogP contribution in [0.25, 0.3) is 0 Å². The van der Waals surface area contributed by atoms with Crippen molar-refractivity contribution in [3.05, 3.63) is 70.3 Å². The van der Waals surface area contributed by atoms with Crippen molar-refractivity contribution in [2.45, 2.75) is 25.3 Å². The summed E-state index contributed by atoms with van der Waals surface area (Å²) in [7, 11) is 3.25. The number of likely N-dealkylation sites (tertiary alicyclic amines) is 1. The molecule has 1 unspecified atom stereocenters. The van der Waals surface area contributed by atoms with E-state index in [0.29, 0.717) is 42.1 Å². The average Bonchev–Trinajstić information content (AvgIpc) is 3.38. The number of hydrogen-bond donors (Lipinski definition) is 0. The van der Waals surface area contributed by atoms with Crippen LogP contribution in [0, 0.1) is 0 Å². The van der Waals surface area contributed by atoms with Crippen molar-refractivity contribution >= 4 is 11.6 Å². The van der Waals surface area contributed by atoms with Crippen molar-refractivity contribution < 1.29 is 14.0 Å². The normalized spacial score (nSPS) is 16.9. The quantitative estimate of drug-likeness (QED) is 0.574. The Bertz CT molecular complexity index is 975. The highest BCUT2D eigenvalue weighted by molar-refractivity contribution is 6.31. The summed E-state index contributed by atoms with van der Waals surface area (Å²) in [6, 6.07) is 13.9. The summed E-state index contributed by atoms with van der Waals surface area (Å²) in [5, 5.41) is 4.98. The second-order valence-electron chi connectivity index (χ2n) is 7.21. The lowest BCUT2D eigenvalue weighted by Gasteiger charge is -2.14. The van der Waals surface area contributed by atoms with E-state index in [-0.39, 0.29) is 0 Å². The van der Waals surface area contributed by atoms with Gasteiger partial charge >= 0.3 is 0 Å². The molecule has 1 fully saturated rings. The molecular weight excluding hydrogens is 390 g/mol. The van der Waals surface area contributed by atoms with E-state index in [1.165, 1.54) is 5.56 Å². The molecule has 2 aromatic carbocycles. The van der Waals surface area contributed by atoms with Crippen LogP contribution in [0.3, 0.4) is 0 Å². The molecule has 4 rings (SSSR count). The Kier molecular flexibility index (Phi) is 6.02. The fraction of sp³-hybridized carbons (Fsp3) is 0.364. The van der Waals surface area contributed by atoms with Crippen LogP contribution in [-0.4, -0.2) is 42.3 Å². The van der Waals surface area contributed by atoms with Crippen LogP contribution in [0.15, 0.2) is 47.0 Å². The predicted molar refractivity (Wildman–Crippen MR) is 111 cm³/mol. The zero-order valence-corrected chi connectivity index (χ0v) is 17.4. The highest BCUT2D eigenvalue weighted by Gasteiger charge is 2.26. The van der Waals surface area contributed by atoms with Gasteiger partial charge < -0.3 is 14.0 Å². The van der Waals surface area contributed by atoms with E-state index in [1.54, 1.807) is 14.2 Å². The number of hydrogen-bond acceptors (Lipinski definition) is 6. The summed E-state index contributed by atoms with van der Waals surface area (Å²) in [6.07, 6.45) is 1.66. The lowest BCUT2D eigenvalue weighted by Crippen LogP contribution is -2.20. The molecule has 7 heteroatoms. The van der Waals surface area contributed by atoms with Gasteiger partial charge in [0.05, 0.1) is 20.8 Å². The highest BCUT2D eigenvalue weighted by atomic mass is 35.5. The van der Waals surface area contributed by atoms with Gasteiger partial charge in [0.15, 0.2) is 17.3 Å². The molecule has 0 aliphatic carbocycles. The highest BCUT2D eigenvalue weighted by Crippen LogP contribution is 2.32. The van der Waals surface area contributed by atoms with Crippen LogP contribution < -0.4 is 9.47 Å². The maximum absolute atomic E-state index is 6.36. The van der Waals surface area contributed by atoms with E-state index >= 15 is 0 Å². The number of ether oxygens (including phenoxy) is 2. The van der Waals surface area contributed by atoms with E-state index in [1.807, 2.05) is 36.4 Å². The van der Waals surface area contributed by atoms with Gasteiger partial charge in [0, 0.05) is 18.0 Å². The largest absolute Gasteiger partial charge is 0.493 e. The third kappa shape index (κ3) is 4.54. The second kappa shape index (κ2) is 8.84. The molecule has 2 heterocycles. The van der Waals surface area contributed by atoms with Gasteiger partial charge in [-0.05, 0) is 48.2 Å². The zero-order valence-electron chi connectivity index (χ0n) is 16.6. The monoisotopic (exact) mass is 413 g/mol. The summed E-state index contributed by atoms with van der Waals surface area (Å²) in [5.41, 5.74) is 2.26. The fourth-order valence-corrected chi connectivity index (χ4v) is 4.12. The van der Waals surface area contributed by atoms with Gasteiger partial charge in [-0.15, -0.1) is 0 Å². The number of methoxy groups -OCH3 is 2. The molecule has 3 aromatic rings. The van der Waals surface area contributed by atoms with Gasteiger partial charge in [-0.2, -0.15) is 4.98 Å². The molecule has 1 aliphatic rings. The first-order chi connectivity index (χ1) is 14.2. The summed E-state index contributed by atoms with van der Waals surface area (Å²) in [5.74, 6) is 3.13. The molecule has 0 spiro atoms. The molecule has 1 aromatic heterocycles. The molecule has 152 valence electrons. The predicted octanol–water partition coefficient (Wildman–Crippen LogP) is 4.32. The van der Waals surface area contributed by atoms with Gasteiger partial charge in [-0.1, -0.05) is 41.0 Å². The summed E-state index contributed by atoms with van der Waals surface area (Å²) >= 11 is 6.36. The third-order valence-electron chi connectivity index (χ3n) is 5.30. The van der Waals surface area contributed by atoms with Crippen molar-refractivity contribution in [1.82, 2.24) is 15.0 Å². The molecule has 29 heavy (non-hydrogen) atoms. The van der Waals surface area contributed by atoms with Crippen LogP contribution >= 0.6 is 11.6 Å². The minimum atomic E-state index is 0.442. The van der Waals surface area contributed by atoms with Crippen molar-refractivity contribution in [1.29, 1.82) is 0 Å². The first kappa shape index (κ1) is 19.7. The number of rotatable bonds is 7. The minimum Gasteiger partial charge on any atom is -0.493 e. The Morgan fingerprint density at radius 1 is 1.14 bits per heavy atom. The maximum atomic E-state index is 6.36. The average molecular weight is 414 g/mol. The second-order valence-corrected chi connectivity index (χ2v) is 7.62. The minimum absolute atomic E-state index is 0.442. The van der Waals surface area contributed by atoms with E-state index in [9.17, 15) is 0 Å². The molecule has 6 nitrogen and oxygen atoms in total. The Morgan fingerprint density at radius 2 is 1.97 bits per heavy atom. The summed E-state index contributed by atoms with van der Waals surface area (Å²) in [6.45, 7) is 2.58. The van der Waals surface area contributed by atoms with E-state index in [4.69, 9.17) is 25.6 Å². The van der Waals surface area contributed by atoms with Crippen molar-refractivity contribution in [3.63, 3.8) is 0 Å². The Balaban J connectivity index is 1.37. The first-order valence-corrected chi connectivity index (χ1v) is 10.0. The number of halogens is 1. The summed E-state index contributed by atoms with van der Waals surface area (Å²) in [4.78, 5) is 6.90. The molecule has 1 aliphatic heterocycles. The van der Waals surface area contributed by atoms with Gasteiger partial charge in [-0.25, -0.2) is 0 Å². The van der Waals surface area contributed by atoms with Crippen LogP contribution in [0.5, 0.6) is 11.5 Å². The number of benzene rings is 2. The topological polar surface area (TPSA) is 60.6 Å².